The van der Waals surface area contributed by atoms with Gasteiger partial charge in [-0.15, -0.1) is 0 Å². The summed E-state index contributed by atoms with van der Waals surface area (Å²) in [6.45, 7) is 0.383. The number of carbonyl (C=O) groups excluding carboxylic acids is 2. The minimum atomic E-state index is -0.383. The zero-order valence-corrected chi connectivity index (χ0v) is 15.0. The molecule has 3 rings (SSSR count). The number of para-hydroxylation sites is 1. The van der Waals surface area contributed by atoms with E-state index in [0.717, 1.165) is 14.8 Å². The second-order valence-electron chi connectivity index (χ2n) is 5.53. The van der Waals surface area contributed by atoms with Gasteiger partial charge in [0, 0.05) is 22.2 Å². The predicted octanol–water partition coefficient (Wildman–Crippen LogP) is 2.79. The highest BCUT2D eigenvalue weighted by Crippen LogP contribution is 2.24. The van der Waals surface area contributed by atoms with Gasteiger partial charge in [0.2, 0.25) is 11.8 Å². The maximum atomic E-state index is 12.2. The van der Waals surface area contributed by atoms with Crippen molar-refractivity contribution in [1.29, 1.82) is 0 Å². The quantitative estimate of drug-likeness (QED) is 0.458. The molecule has 1 aliphatic rings. The summed E-state index contributed by atoms with van der Waals surface area (Å²) in [4.78, 5) is 26.0. The molecule has 6 heteroatoms. The Bertz CT molecular complexity index is 760. The van der Waals surface area contributed by atoms with Crippen molar-refractivity contribution in [2.24, 2.45) is 11.0 Å². The highest BCUT2D eigenvalue weighted by atomic mass is 127. The molecule has 0 aromatic heterocycles. The Morgan fingerprint density at radius 1 is 1.17 bits per heavy atom. The number of nitrogens with zero attached hydrogens (tertiary/aromatic N) is 2. The van der Waals surface area contributed by atoms with E-state index in [-0.39, 0.29) is 24.2 Å². The number of amides is 2. The van der Waals surface area contributed by atoms with E-state index in [2.05, 4.69) is 33.1 Å². The summed E-state index contributed by atoms with van der Waals surface area (Å²) in [6, 6.07) is 17.2. The van der Waals surface area contributed by atoms with Crippen molar-refractivity contribution in [1.82, 2.24) is 5.43 Å². The van der Waals surface area contributed by atoms with E-state index in [1.54, 1.807) is 11.1 Å². The molecular formula is C18H16IN3O2. The van der Waals surface area contributed by atoms with E-state index in [1.165, 1.54) is 0 Å². The molecule has 1 saturated heterocycles. The third-order valence-corrected chi connectivity index (χ3v) is 4.54. The van der Waals surface area contributed by atoms with Crippen molar-refractivity contribution in [3.8, 4) is 0 Å². The van der Waals surface area contributed by atoms with Crippen LogP contribution in [0, 0.1) is 9.49 Å². The van der Waals surface area contributed by atoms with Gasteiger partial charge in [0.05, 0.1) is 12.1 Å². The molecule has 1 atom stereocenters. The van der Waals surface area contributed by atoms with Crippen LogP contribution in [0.15, 0.2) is 59.7 Å². The molecular weight excluding hydrogens is 417 g/mol. The minimum absolute atomic E-state index is 0.0389. The van der Waals surface area contributed by atoms with Crippen molar-refractivity contribution in [2.75, 3.05) is 11.4 Å². The van der Waals surface area contributed by atoms with Crippen molar-refractivity contribution >= 4 is 46.3 Å². The molecule has 0 radical (unpaired) electrons. The largest absolute Gasteiger partial charge is 0.312 e. The molecule has 1 aliphatic heterocycles. The van der Waals surface area contributed by atoms with Crippen molar-refractivity contribution in [3.05, 3.63) is 63.7 Å². The first-order chi connectivity index (χ1) is 11.6. The molecule has 0 bridgehead atoms. The molecule has 2 aromatic rings. The fourth-order valence-corrected chi connectivity index (χ4v) is 2.91. The van der Waals surface area contributed by atoms with Gasteiger partial charge >= 0.3 is 0 Å². The highest BCUT2D eigenvalue weighted by Gasteiger charge is 2.34. The van der Waals surface area contributed by atoms with E-state index >= 15 is 0 Å². The predicted molar refractivity (Wildman–Crippen MR) is 102 cm³/mol. The fourth-order valence-electron chi connectivity index (χ4n) is 2.55. The summed E-state index contributed by atoms with van der Waals surface area (Å²) >= 11 is 2.23. The Balaban J connectivity index is 1.58. The summed E-state index contributed by atoms with van der Waals surface area (Å²) in [5.74, 6) is -0.655. The van der Waals surface area contributed by atoms with E-state index in [1.807, 2.05) is 54.6 Å². The molecule has 1 fully saturated rings. The second-order valence-corrected chi connectivity index (χ2v) is 6.77. The molecule has 1 N–H and O–H groups in total. The molecule has 0 aliphatic carbocycles. The van der Waals surface area contributed by atoms with E-state index in [9.17, 15) is 9.59 Å². The summed E-state index contributed by atoms with van der Waals surface area (Å²) < 4.78 is 1.14. The first-order valence-corrected chi connectivity index (χ1v) is 8.65. The number of anilines is 1. The van der Waals surface area contributed by atoms with Crippen LogP contribution in [0.4, 0.5) is 5.69 Å². The normalized spacial score (nSPS) is 17.5. The number of hydrogen-bond acceptors (Lipinski definition) is 3. The van der Waals surface area contributed by atoms with E-state index in [4.69, 9.17) is 0 Å². The summed E-state index contributed by atoms with van der Waals surface area (Å²) in [6.07, 6.45) is 1.81. The standard InChI is InChI=1S/C18H16IN3O2/c19-15-8-6-13(7-9-15)11-20-21-18(24)14-10-17(23)22(12-14)16-4-2-1-3-5-16/h1-9,11,14H,10,12H2,(H,21,24)/t14-/m0/s1. The molecule has 0 unspecified atom stereocenters. The van der Waals surface area contributed by atoms with Crippen LogP contribution < -0.4 is 10.3 Å². The number of nitrogens with one attached hydrogen (secondary N) is 1. The Hall–Kier alpha value is -2.22. The van der Waals surface area contributed by atoms with Crippen LogP contribution in [-0.4, -0.2) is 24.6 Å². The lowest BCUT2D eigenvalue weighted by Gasteiger charge is -2.16. The molecule has 2 aromatic carbocycles. The van der Waals surface area contributed by atoms with Crippen LogP contribution >= 0.6 is 22.6 Å². The van der Waals surface area contributed by atoms with Gasteiger partial charge in [-0.1, -0.05) is 30.3 Å². The van der Waals surface area contributed by atoms with E-state index in [0.29, 0.717) is 6.54 Å². The zero-order valence-electron chi connectivity index (χ0n) is 12.9. The Kier molecular flexibility index (Phi) is 5.24. The Morgan fingerprint density at radius 2 is 1.88 bits per heavy atom. The number of hydrogen-bond donors (Lipinski definition) is 1. The van der Waals surface area contributed by atoms with Gasteiger partial charge in [-0.05, 0) is 52.4 Å². The topological polar surface area (TPSA) is 61.8 Å². The fraction of sp³-hybridized carbons (Fsp3) is 0.167. The number of carbonyl (C=O) groups is 2. The van der Waals surface area contributed by atoms with Gasteiger partial charge in [0.15, 0.2) is 0 Å². The number of benzene rings is 2. The second kappa shape index (κ2) is 7.57. The highest BCUT2D eigenvalue weighted by molar-refractivity contribution is 14.1. The minimum Gasteiger partial charge on any atom is -0.312 e. The number of hydrazone groups is 1. The average molecular weight is 433 g/mol. The van der Waals surface area contributed by atoms with Gasteiger partial charge in [0.1, 0.15) is 0 Å². The van der Waals surface area contributed by atoms with Crippen LogP contribution in [0.3, 0.4) is 0 Å². The molecule has 24 heavy (non-hydrogen) atoms. The maximum Gasteiger partial charge on any atom is 0.245 e. The molecule has 5 nitrogen and oxygen atoms in total. The van der Waals surface area contributed by atoms with Crippen molar-refractivity contribution < 1.29 is 9.59 Å². The third kappa shape index (κ3) is 4.00. The lowest BCUT2D eigenvalue weighted by Crippen LogP contribution is -2.30. The van der Waals surface area contributed by atoms with Gasteiger partial charge in [-0.25, -0.2) is 5.43 Å². The van der Waals surface area contributed by atoms with Gasteiger partial charge < -0.3 is 4.90 Å². The van der Waals surface area contributed by atoms with Crippen LogP contribution in [-0.2, 0) is 9.59 Å². The number of rotatable bonds is 4. The Labute approximate surface area is 153 Å². The number of halogens is 1. The molecule has 1 heterocycles. The van der Waals surface area contributed by atoms with Crippen LogP contribution in [0.1, 0.15) is 12.0 Å². The summed E-state index contributed by atoms with van der Waals surface area (Å²) in [5.41, 5.74) is 4.26. The first kappa shape index (κ1) is 16.6. The Morgan fingerprint density at radius 3 is 2.58 bits per heavy atom. The van der Waals surface area contributed by atoms with Crippen molar-refractivity contribution in [3.63, 3.8) is 0 Å². The SMILES string of the molecule is O=C(NN=Cc1ccc(I)cc1)[C@H]1CC(=O)N(c2ccccc2)C1. The van der Waals surface area contributed by atoms with Crippen LogP contribution in [0.25, 0.3) is 0 Å². The van der Waals surface area contributed by atoms with Crippen molar-refractivity contribution in [2.45, 2.75) is 6.42 Å². The first-order valence-electron chi connectivity index (χ1n) is 7.57. The molecule has 122 valence electrons. The van der Waals surface area contributed by atoms with Crippen LogP contribution in [0.5, 0.6) is 0 Å². The summed E-state index contributed by atoms with van der Waals surface area (Å²) in [7, 11) is 0. The molecule has 0 spiro atoms. The van der Waals surface area contributed by atoms with Gasteiger partial charge in [-0.2, -0.15) is 5.10 Å². The van der Waals surface area contributed by atoms with Gasteiger partial charge in [0.25, 0.3) is 0 Å². The molecule has 2 amide bonds. The van der Waals surface area contributed by atoms with E-state index < -0.39 is 0 Å². The van der Waals surface area contributed by atoms with Gasteiger partial charge in [-0.3, -0.25) is 9.59 Å². The molecule has 0 saturated carbocycles. The lowest BCUT2D eigenvalue weighted by atomic mass is 10.1. The average Bonchev–Trinajstić information content (AvgIpc) is 2.99. The lowest BCUT2D eigenvalue weighted by molar-refractivity contribution is -0.126. The van der Waals surface area contributed by atoms with Crippen LogP contribution in [0.2, 0.25) is 0 Å². The summed E-state index contributed by atoms with van der Waals surface area (Å²) in [5, 5.41) is 3.98. The zero-order chi connectivity index (χ0) is 16.9. The monoisotopic (exact) mass is 433 g/mol. The smallest absolute Gasteiger partial charge is 0.245 e. The maximum absolute atomic E-state index is 12.2. The third-order valence-electron chi connectivity index (χ3n) is 3.82.